The Morgan fingerprint density at radius 2 is 2.00 bits per heavy atom. The van der Waals surface area contributed by atoms with Crippen molar-refractivity contribution in [1.29, 1.82) is 5.41 Å². The molecule has 0 fully saturated rings. The number of hydrogen-bond acceptors (Lipinski definition) is 6. The zero-order valence-corrected chi connectivity index (χ0v) is 10.4. The van der Waals surface area contributed by atoms with E-state index in [1.54, 1.807) is 0 Å². The van der Waals surface area contributed by atoms with E-state index in [9.17, 15) is 16.8 Å². The van der Waals surface area contributed by atoms with E-state index in [1.807, 2.05) is 0 Å². The van der Waals surface area contributed by atoms with Crippen LogP contribution in [-0.2, 0) is 18.9 Å². The van der Waals surface area contributed by atoms with Crippen LogP contribution in [0.4, 0.5) is 0 Å². The summed E-state index contributed by atoms with van der Waals surface area (Å²) in [4.78, 5) is -0.462. The lowest BCUT2D eigenvalue weighted by atomic mass is 10.6. The fourth-order valence-corrected chi connectivity index (χ4v) is 6.38. The van der Waals surface area contributed by atoms with Gasteiger partial charge in [-0.05, 0) is 5.17 Å². The summed E-state index contributed by atoms with van der Waals surface area (Å²) >= 11 is 0.486. The van der Waals surface area contributed by atoms with Crippen molar-refractivity contribution in [3.05, 3.63) is 15.5 Å². The van der Waals surface area contributed by atoms with Crippen LogP contribution in [0.2, 0.25) is 0 Å². The molecule has 2 N–H and O–H groups in total. The number of thioether (sulfide) groups is 1. The van der Waals surface area contributed by atoms with Gasteiger partial charge in [-0.2, -0.15) is 0 Å². The Morgan fingerprint density at radius 1 is 1.47 bits per heavy atom. The summed E-state index contributed by atoms with van der Waals surface area (Å²) in [5, 5.41) is 6.22. The number of halogens is 1. The van der Waals surface area contributed by atoms with Crippen molar-refractivity contribution in [2.24, 2.45) is 0 Å². The Kier molecular flexibility index (Phi) is 3.39. The van der Waals surface area contributed by atoms with Gasteiger partial charge in [-0.3, -0.25) is 0 Å². The first-order valence-electron chi connectivity index (χ1n) is 3.47. The topological polar surface area (TPSA) is 116 Å². The highest BCUT2D eigenvalue weighted by Gasteiger charge is 2.34. The van der Waals surface area contributed by atoms with Crippen LogP contribution in [-0.4, -0.2) is 33.5 Å². The number of amidine groups is 1. The van der Waals surface area contributed by atoms with Gasteiger partial charge in [0.05, 0.1) is 16.4 Å². The van der Waals surface area contributed by atoms with Gasteiger partial charge in [-0.15, -0.1) is 11.8 Å². The average Bonchev–Trinajstić information content (AvgIpc) is 2.22. The summed E-state index contributed by atoms with van der Waals surface area (Å²) in [6, 6.07) is 0. The van der Waals surface area contributed by atoms with Crippen molar-refractivity contribution in [3.63, 3.8) is 0 Å². The SMILES string of the molecule is N=C([NH-])SC1=C(S(=O)(=O)Cl)CS(=O)(=O)C1. The minimum atomic E-state index is -4.10. The summed E-state index contributed by atoms with van der Waals surface area (Å²) in [5.74, 6) is -1.12. The van der Waals surface area contributed by atoms with Crippen LogP contribution >= 0.6 is 22.4 Å². The molecule has 0 saturated carbocycles. The number of sulfone groups is 1. The standard InChI is InChI=1S/C5H6ClN2O4S3/c6-15(11,12)4-2-14(9,10)1-3(4)13-5(7)8/h1-2H2,(H2-,7,8)/q-1. The maximum atomic E-state index is 11.2. The molecule has 15 heavy (non-hydrogen) atoms. The van der Waals surface area contributed by atoms with Gasteiger partial charge in [0.25, 0.3) is 9.05 Å². The number of nitrogens with one attached hydrogen (secondary N) is 2. The van der Waals surface area contributed by atoms with E-state index in [0.717, 1.165) is 0 Å². The molecule has 0 amide bonds. The first-order chi connectivity index (χ1) is 6.62. The van der Waals surface area contributed by atoms with Crippen LogP contribution in [0.15, 0.2) is 9.81 Å². The van der Waals surface area contributed by atoms with E-state index in [2.05, 4.69) is 0 Å². The molecule has 86 valence electrons. The third-order valence-corrected chi connectivity index (χ3v) is 5.86. The third-order valence-electron chi connectivity index (χ3n) is 1.53. The van der Waals surface area contributed by atoms with Crippen LogP contribution in [0, 0.1) is 5.41 Å². The van der Waals surface area contributed by atoms with Gasteiger partial charge in [0, 0.05) is 15.6 Å². The minimum absolute atomic E-state index is 0.0509. The summed E-state index contributed by atoms with van der Waals surface area (Å²) in [6.07, 6.45) is 0. The Balaban J connectivity index is 3.21. The summed E-state index contributed by atoms with van der Waals surface area (Å²) in [5.41, 5.74) is 6.85. The van der Waals surface area contributed by atoms with E-state index in [1.165, 1.54) is 0 Å². The molecule has 0 atom stereocenters. The predicted octanol–water partition coefficient (Wildman–Crippen LogP) is 0.915. The van der Waals surface area contributed by atoms with Gasteiger partial charge in [0.15, 0.2) is 9.84 Å². The second kappa shape index (κ2) is 3.96. The molecule has 1 aliphatic heterocycles. The quantitative estimate of drug-likeness (QED) is 0.461. The molecule has 0 aromatic heterocycles. The van der Waals surface area contributed by atoms with Crippen LogP contribution in [0.3, 0.4) is 0 Å². The van der Waals surface area contributed by atoms with Crippen molar-refractivity contribution < 1.29 is 16.8 Å². The molecule has 0 aromatic rings. The Hall–Kier alpha value is -0.250. The van der Waals surface area contributed by atoms with Gasteiger partial charge in [-0.1, -0.05) is 0 Å². The van der Waals surface area contributed by atoms with Crippen molar-refractivity contribution >= 4 is 46.5 Å². The van der Waals surface area contributed by atoms with Gasteiger partial charge >= 0.3 is 0 Å². The van der Waals surface area contributed by atoms with E-state index in [4.69, 9.17) is 21.8 Å². The molecule has 0 bridgehead atoms. The van der Waals surface area contributed by atoms with Gasteiger partial charge < -0.3 is 11.1 Å². The van der Waals surface area contributed by atoms with E-state index >= 15 is 0 Å². The molecule has 1 aliphatic rings. The lowest BCUT2D eigenvalue weighted by Gasteiger charge is -2.04. The van der Waals surface area contributed by atoms with E-state index < -0.39 is 40.5 Å². The highest BCUT2D eigenvalue weighted by Crippen LogP contribution is 2.34. The minimum Gasteiger partial charge on any atom is -0.477 e. The van der Waals surface area contributed by atoms with Crippen LogP contribution in [0.5, 0.6) is 0 Å². The van der Waals surface area contributed by atoms with E-state index in [0.29, 0.717) is 11.8 Å². The molecule has 0 aromatic carbocycles. The highest BCUT2D eigenvalue weighted by molar-refractivity contribution is 8.21. The van der Waals surface area contributed by atoms with Crippen LogP contribution < -0.4 is 0 Å². The van der Waals surface area contributed by atoms with Crippen LogP contribution in [0.1, 0.15) is 0 Å². The maximum absolute atomic E-state index is 11.2. The number of hydrogen-bond donors (Lipinski definition) is 1. The Morgan fingerprint density at radius 3 is 2.40 bits per heavy atom. The molecular formula is C5H6ClN2O4S3-. The lowest BCUT2D eigenvalue weighted by molar-refractivity contribution is 0.601. The van der Waals surface area contributed by atoms with Crippen molar-refractivity contribution in [2.75, 3.05) is 11.5 Å². The normalized spacial score (nSPS) is 20.6. The molecule has 1 rings (SSSR count). The smallest absolute Gasteiger partial charge is 0.259 e. The zero-order valence-electron chi connectivity index (χ0n) is 7.15. The molecule has 0 aliphatic carbocycles. The second-order valence-electron chi connectivity index (χ2n) is 2.75. The molecule has 10 heteroatoms. The van der Waals surface area contributed by atoms with Crippen molar-refractivity contribution in [3.8, 4) is 0 Å². The molecule has 0 radical (unpaired) electrons. The molecule has 1 heterocycles. The van der Waals surface area contributed by atoms with E-state index in [-0.39, 0.29) is 4.91 Å². The molecule has 0 unspecified atom stereocenters. The van der Waals surface area contributed by atoms with Gasteiger partial charge in [0.2, 0.25) is 0 Å². The lowest BCUT2D eigenvalue weighted by Crippen LogP contribution is -2.05. The monoisotopic (exact) mass is 289 g/mol. The van der Waals surface area contributed by atoms with Gasteiger partial charge in [-0.25, -0.2) is 16.8 Å². The molecule has 0 saturated heterocycles. The second-order valence-corrected chi connectivity index (χ2v) is 8.50. The van der Waals surface area contributed by atoms with Crippen molar-refractivity contribution in [1.82, 2.24) is 0 Å². The molecule has 6 nitrogen and oxygen atoms in total. The Bertz CT molecular complexity index is 533. The first-order valence-corrected chi connectivity index (χ1v) is 8.42. The first kappa shape index (κ1) is 12.8. The highest BCUT2D eigenvalue weighted by atomic mass is 35.7. The average molecular weight is 290 g/mol. The summed E-state index contributed by atoms with van der Waals surface area (Å²) in [7, 11) is -2.56. The molecule has 0 spiro atoms. The Labute approximate surface area is 95.7 Å². The largest absolute Gasteiger partial charge is 0.477 e. The van der Waals surface area contributed by atoms with Crippen molar-refractivity contribution in [2.45, 2.75) is 0 Å². The summed E-state index contributed by atoms with van der Waals surface area (Å²) in [6.45, 7) is 0. The predicted molar refractivity (Wildman–Crippen MR) is 60.1 cm³/mol. The van der Waals surface area contributed by atoms with Crippen LogP contribution in [0.25, 0.3) is 5.73 Å². The fourth-order valence-electron chi connectivity index (χ4n) is 1.03. The number of rotatable bonds is 2. The maximum Gasteiger partial charge on any atom is 0.259 e. The summed E-state index contributed by atoms with van der Waals surface area (Å²) < 4.78 is 44.4. The fraction of sp³-hybridized carbons (Fsp3) is 0.400. The molecular weight excluding hydrogens is 284 g/mol. The zero-order chi connectivity index (χ0) is 11.9. The van der Waals surface area contributed by atoms with Gasteiger partial charge in [0.1, 0.15) is 0 Å². The third kappa shape index (κ3) is 3.37.